The average molecular weight is 624 g/mol. The SMILES string of the molecule is CCNC(=O)C(=O)CC[C@H](NC(=O)c1nccn1C)C(=O)Nc1cccn(CC(=O)NC23CC(C)CC(CC(C)(C)C2)C3)c1=O. The molecule has 2 aliphatic carbocycles. The van der Waals surface area contributed by atoms with Crippen molar-refractivity contribution in [2.75, 3.05) is 11.9 Å². The molecule has 4 amide bonds. The van der Waals surface area contributed by atoms with Gasteiger partial charge in [0, 0.05) is 44.1 Å². The summed E-state index contributed by atoms with van der Waals surface area (Å²) < 4.78 is 2.70. The van der Waals surface area contributed by atoms with Crippen LogP contribution in [0.3, 0.4) is 0 Å². The van der Waals surface area contributed by atoms with Crippen molar-refractivity contribution in [3.63, 3.8) is 0 Å². The number of pyridine rings is 1. The van der Waals surface area contributed by atoms with Gasteiger partial charge in [-0.05, 0) is 74.8 Å². The Bertz CT molecular complexity index is 1510. The molecule has 2 aliphatic rings. The van der Waals surface area contributed by atoms with Gasteiger partial charge in [0.05, 0.1) is 0 Å². The molecule has 13 heteroatoms. The summed E-state index contributed by atoms with van der Waals surface area (Å²) in [5.74, 6) is -2.12. The molecule has 2 heterocycles. The third kappa shape index (κ3) is 8.46. The summed E-state index contributed by atoms with van der Waals surface area (Å²) in [5, 5.41) is 10.8. The number of amides is 4. The minimum atomic E-state index is -1.26. The highest BCUT2D eigenvalue weighted by Crippen LogP contribution is 2.52. The summed E-state index contributed by atoms with van der Waals surface area (Å²) in [7, 11) is 1.61. The van der Waals surface area contributed by atoms with Crippen LogP contribution in [-0.2, 0) is 32.8 Å². The van der Waals surface area contributed by atoms with E-state index >= 15 is 0 Å². The third-order valence-corrected chi connectivity index (χ3v) is 8.71. The third-order valence-electron chi connectivity index (χ3n) is 8.71. The van der Waals surface area contributed by atoms with Crippen LogP contribution in [0.2, 0.25) is 0 Å². The maximum absolute atomic E-state index is 13.4. The van der Waals surface area contributed by atoms with Gasteiger partial charge in [-0.15, -0.1) is 0 Å². The van der Waals surface area contributed by atoms with Gasteiger partial charge in [-0.3, -0.25) is 28.8 Å². The second-order valence-electron chi connectivity index (χ2n) is 13.5. The molecule has 4 N–H and O–H groups in total. The molecule has 2 aromatic heterocycles. The van der Waals surface area contributed by atoms with E-state index in [1.165, 1.54) is 27.6 Å². The van der Waals surface area contributed by atoms with Crippen molar-refractivity contribution in [1.29, 1.82) is 0 Å². The number of imidazole rings is 1. The molecule has 4 rings (SSSR count). The van der Waals surface area contributed by atoms with E-state index in [1.54, 1.807) is 26.2 Å². The van der Waals surface area contributed by atoms with Crippen LogP contribution in [0.1, 0.15) is 83.3 Å². The number of nitrogens with one attached hydrogen (secondary N) is 4. The quantitative estimate of drug-likeness (QED) is 0.261. The number of hydrogen-bond acceptors (Lipinski definition) is 7. The molecule has 45 heavy (non-hydrogen) atoms. The molecular weight excluding hydrogens is 578 g/mol. The zero-order valence-electron chi connectivity index (χ0n) is 26.8. The predicted molar refractivity (Wildman–Crippen MR) is 167 cm³/mol. The number of Topliss-reactive ketones (excluding diaryl/α,β-unsaturated/α-hetero) is 1. The second kappa shape index (κ2) is 13.8. The van der Waals surface area contributed by atoms with Crippen LogP contribution < -0.4 is 26.8 Å². The number of aromatic nitrogens is 3. The van der Waals surface area contributed by atoms with Gasteiger partial charge in [0.2, 0.25) is 17.6 Å². The Morgan fingerprint density at radius 2 is 1.87 bits per heavy atom. The van der Waals surface area contributed by atoms with E-state index in [4.69, 9.17) is 0 Å². The van der Waals surface area contributed by atoms with E-state index in [-0.39, 0.29) is 54.3 Å². The lowest BCUT2D eigenvalue weighted by Crippen LogP contribution is -2.58. The largest absolute Gasteiger partial charge is 0.350 e. The Morgan fingerprint density at radius 3 is 2.56 bits per heavy atom. The Labute approximate surface area is 262 Å². The molecule has 0 spiro atoms. The Morgan fingerprint density at radius 1 is 1.11 bits per heavy atom. The summed E-state index contributed by atoms with van der Waals surface area (Å²) in [4.78, 5) is 81.1. The molecule has 0 saturated heterocycles. The van der Waals surface area contributed by atoms with Crippen molar-refractivity contribution in [1.82, 2.24) is 30.1 Å². The van der Waals surface area contributed by atoms with Crippen molar-refractivity contribution in [2.24, 2.45) is 24.3 Å². The number of aryl methyl sites for hydroxylation is 1. The first-order valence-electron chi connectivity index (χ1n) is 15.6. The molecule has 2 fully saturated rings. The molecular formula is C32H45N7O6. The molecule has 4 atom stereocenters. The number of carbonyl (C=O) groups excluding carboxylic acids is 5. The molecule has 2 bridgehead atoms. The zero-order valence-corrected chi connectivity index (χ0v) is 26.8. The molecule has 2 aromatic rings. The fourth-order valence-electron chi connectivity index (χ4n) is 7.44. The first-order chi connectivity index (χ1) is 21.2. The lowest BCUT2D eigenvalue weighted by Gasteiger charge is -2.53. The van der Waals surface area contributed by atoms with Crippen LogP contribution in [0.4, 0.5) is 5.69 Å². The fraction of sp³-hybridized carbons (Fsp3) is 0.594. The lowest BCUT2D eigenvalue weighted by atomic mass is 9.56. The number of fused-ring (bicyclic) bond motifs is 2. The Balaban J connectivity index is 1.47. The molecule has 0 aliphatic heterocycles. The van der Waals surface area contributed by atoms with Crippen LogP contribution in [0.25, 0.3) is 0 Å². The summed E-state index contributed by atoms with van der Waals surface area (Å²) in [6, 6.07) is 1.69. The molecule has 2 saturated carbocycles. The first kappa shape index (κ1) is 33.6. The minimum Gasteiger partial charge on any atom is -0.350 e. The minimum absolute atomic E-state index is 0.0374. The maximum atomic E-state index is 13.4. The maximum Gasteiger partial charge on any atom is 0.287 e. The van der Waals surface area contributed by atoms with Crippen molar-refractivity contribution >= 4 is 35.1 Å². The summed E-state index contributed by atoms with van der Waals surface area (Å²) in [6.45, 7) is 8.44. The molecule has 244 valence electrons. The molecule has 0 aromatic carbocycles. The Hall–Kier alpha value is -4.29. The van der Waals surface area contributed by atoms with E-state index in [9.17, 15) is 28.8 Å². The number of anilines is 1. The van der Waals surface area contributed by atoms with Crippen LogP contribution in [0.15, 0.2) is 35.5 Å². The van der Waals surface area contributed by atoms with Crippen molar-refractivity contribution < 1.29 is 24.0 Å². The predicted octanol–water partition coefficient (Wildman–Crippen LogP) is 1.92. The van der Waals surface area contributed by atoms with Gasteiger partial charge in [-0.25, -0.2) is 4.98 Å². The van der Waals surface area contributed by atoms with Crippen LogP contribution in [0, 0.1) is 17.3 Å². The van der Waals surface area contributed by atoms with Crippen molar-refractivity contribution in [2.45, 2.75) is 90.8 Å². The standard InChI is InChI=1S/C32H45N7O6/c1-6-33-28(43)24(40)10-9-22(35-29(44)26-34-11-13-38(26)5)27(42)36-23-8-7-12-39(30(23)45)18-25(41)37-32-15-20(2)14-21(17-32)16-31(3,4)19-32/h7-8,11-13,20-22H,6,9-10,14-19H2,1-5H3,(H,33,43)(H,35,44)(H,36,42)(H,37,41)/t20?,21?,22-,32?/m0/s1. The summed E-state index contributed by atoms with van der Waals surface area (Å²) >= 11 is 0. The van der Waals surface area contributed by atoms with Gasteiger partial charge in [0.25, 0.3) is 17.4 Å². The lowest BCUT2D eigenvalue weighted by molar-refractivity contribution is -0.138. The van der Waals surface area contributed by atoms with Gasteiger partial charge in [-0.2, -0.15) is 0 Å². The van der Waals surface area contributed by atoms with E-state index in [2.05, 4.69) is 47.0 Å². The van der Waals surface area contributed by atoms with Crippen molar-refractivity contribution in [3.05, 3.63) is 46.9 Å². The van der Waals surface area contributed by atoms with Crippen molar-refractivity contribution in [3.8, 4) is 0 Å². The number of carbonyl (C=O) groups is 5. The van der Waals surface area contributed by atoms with Gasteiger partial charge in [0.15, 0.2) is 5.82 Å². The van der Waals surface area contributed by atoms with Crippen LogP contribution >= 0.6 is 0 Å². The van der Waals surface area contributed by atoms with E-state index in [0.717, 1.165) is 32.1 Å². The van der Waals surface area contributed by atoms with Gasteiger partial charge in [-0.1, -0.05) is 20.8 Å². The van der Waals surface area contributed by atoms with Crippen LogP contribution in [-0.4, -0.2) is 61.7 Å². The highest BCUT2D eigenvalue weighted by molar-refractivity contribution is 6.36. The first-order valence-corrected chi connectivity index (χ1v) is 15.6. The number of nitrogens with zero attached hydrogens (tertiary/aromatic N) is 3. The van der Waals surface area contributed by atoms with E-state index in [0.29, 0.717) is 11.8 Å². The van der Waals surface area contributed by atoms with E-state index < -0.39 is 35.1 Å². The second-order valence-corrected chi connectivity index (χ2v) is 13.5. The normalized spacial score (nSPS) is 22.5. The monoisotopic (exact) mass is 623 g/mol. The van der Waals surface area contributed by atoms with Gasteiger partial charge in [0.1, 0.15) is 18.3 Å². The zero-order chi connectivity index (χ0) is 32.9. The van der Waals surface area contributed by atoms with Gasteiger partial charge < -0.3 is 30.4 Å². The summed E-state index contributed by atoms with van der Waals surface area (Å²) in [5.41, 5.74) is -0.875. The molecule has 0 radical (unpaired) electrons. The highest BCUT2D eigenvalue weighted by atomic mass is 16.2. The number of ketones is 1. The van der Waals surface area contributed by atoms with Gasteiger partial charge >= 0.3 is 0 Å². The fourth-order valence-corrected chi connectivity index (χ4v) is 7.44. The highest BCUT2D eigenvalue weighted by Gasteiger charge is 2.48. The van der Waals surface area contributed by atoms with Crippen LogP contribution in [0.5, 0.6) is 0 Å². The number of hydrogen-bond donors (Lipinski definition) is 4. The number of likely N-dealkylation sites (N-methyl/N-ethyl adjacent to an activating group) is 1. The Kier molecular flexibility index (Phi) is 10.3. The topological polar surface area (TPSA) is 173 Å². The molecule has 3 unspecified atom stereocenters. The number of rotatable bonds is 12. The molecule has 13 nitrogen and oxygen atoms in total. The van der Waals surface area contributed by atoms with E-state index in [1.807, 2.05) is 0 Å². The average Bonchev–Trinajstić information content (AvgIpc) is 3.37. The summed E-state index contributed by atoms with van der Waals surface area (Å²) in [6.07, 6.45) is 8.97. The smallest absolute Gasteiger partial charge is 0.287 e.